The van der Waals surface area contributed by atoms with Crippen LogP contribution in [0.1, 0.15) is 18.4 Å². The molecule has 2 rings (SSSR count). The summed E-state index contributed by atoms with van der Waals surface area (Å²) in [5.74, 6) is 1.16. The molecular formula is C19H23ClN2O4. The van der Waals surface area contributed by atoms with Crippen LogP contribution in [0.25, 0.3) is 0 Å². The molecule has 0 atom stereocenters. The van der Waals surface area contributed by atoms with Gasteiger partial charge in [0.2, 0.25) is 11.8 Å². The van der Waals surface area contributed by atoms with E-state index in [1.807, 2.05) is 19.1 Å². The van der Waals surface area contributed by atoms with Crippen molar-refractivity contribution in [1.82, 2.24) is 4.98 Å². The largest absolute Gasteiger partial charge is 0.494 e. The Kier molecular flexibility index (Phi) is 8.18. The molecule has 1 amide bonds. The lowest BCUT2D eigenvalue weighted by Crippen LogP contribution is -2.13. The van der Waals surface area contributed by atoms with E-state index in [0.29, 0.717) is 49.3 Å². The van der Waals surface area contributed by atoms with Crippen LogP contribution in [0.5, 0.6) is 11.6 Å². The van der Waals surface area contributed by atoms with Gasteiger partial charge in [0.05, 0.1) is 25.1 Å². The summed E-state index contributed by atoms with van der Waals surface area (Å²) in [4.78, 5) is 16.1. The molecule has 1 N–H and O–H groups in total. The van der Waals surface area contributed by atoms with Crippen LogP contribution in [0.4, 0.5) is 5.69 Å². The molecule has 0 radical (unpaired) electrons. The summed E-state index contributed by atoms with van der Waals surface area (Å²) in [6.45, 7) is 3.31. The van der Waals surface area contributed by atoms with E-state index in [9.17, 15) is 4.79 Å². The molecule has 7 heteroatoms. The van der Waals surface area contributed by atoms with Gasteiger partial charge in [0, 0.05) is 24.6 Å². The molecule has 0 bridgehead atoms. The maximum Gasteiger partial charge on any atom is 0.224 e. The number of benzene rings is 1. The normalized spacial score (nSPS) is 10.4. The number of ether oxygens (including phenoxy) is 3. The number of amides is 1. The zero-order valence-corrected chi connectivity index (χ0v) is 15.7. The number of carbonyl (C=O) groups excluding carboxylic acids is 1. The molecule has 1 aromatic carbocycles. The second kappa shape index (κ2) is 10.6. The van der Waals surface area contributed by atoms with E-state index in [0.717, 1.165) is 11.3 Å². The lowest BCUT2D eigenvalue weighted by molar-refractivity contribution is -0.116. The summed E-state index contributed by atoms with van der Waals surface area (Å²) < 4.78 is 15.9. The Balaban J connectivity index is 1.67. The van der Waals surface area contributed by atoms with Gasteiger partial charge >= 0.3 is 0 Å². The smallest absolute Gasteiger partial charge is 0.224 e. The number of carbonyl (C=O) groups is 1. The topological polar surface area (TPSA) is 69.7 Å². The van der Waals surface area contributed by atoms with Crippen molar-refractivity contribution in [3.63, 3.8) is 0 Å². The summed E-state index contributed by atoms with van der Waals surface area (Å²) in [5.41, 5.74) is 1.59. The first kappa shape index (κ1) is 20.0. The molecule has 2 aromatic rings. The Morgan fingerprint density at radius 1 is 1.15 bits per heavy atom. The minimum absolute atomic E-state index is 0.0873. The highest BCUT2D eigenvalue weighted by molar-refractivity contribution is 6.31. The van der Waals surface area contributed by atoms with E-state index in [4.69, 9.17) is 25.8 Å². The van der Waals surface area contributed by atoms with E-state index in [1.165, 1.54) is 0 Å². The zero-order valence-electron chi connectivity index (χ0n) is 15.0. The van der Waals surface area contributed by atoms with Gasteiger partial charge in [-0.2, -0.15) is 0 Å². The maximum atomic E-state index is 12.0. The first-order valence-corrected chi connectivity index (χ1v) is 8.73. The fourth-order valence-corrected chi connectivity index (χ4v) is 2.24. The van der Waals surface area contributed by atoms with Crippen molar-refractivity contribution >= 4 is 23.2 Å². The predicted octanol–water partition coefficient (Wildman–Crippen LogP) is 3.87. The van der Waals surface area contributed by atoms with Gasteiger partial charge < -0.3 is 19.5 Å². The number of hydrogen-bond acceptors (Lipinski definition) is 5. The molecule has 140 valence electrons. The Bertz CT molecular complexity index is 707. The lowest BCUT2D eigenvalue weighted by Gasteiger charge is -2.09. The molecule has 26 heavy (non-hydrogen) atoms. The number of rotatable bonds is 10. The zero-order chi connectivity index (χ0) is 18.8. The van der Waals surface area contributed by atoms with E-state index in [-0.39, 0.29) is 5.91 Å². The molecule has 0 aliphatic heterocycles. The highest BCUT2D eigenvalue weighted by Gasteiger charge is 2.04. The molecular weight excluding hydrogens is 356 g/mol. The number of nitrogens with zero attached hydrogens (tertiary/aromatic N) is 1. The summed E-state index contributed by atoms with van der Waals surface area (Å²) in [5, 5.41) is 3.51. The number of anilines is 1. The molecule has 6 nitrogen and oxygen atoms in total. The van der Waals surface area contributed by atoms with E-state index in [2.05, 4.69) is 10.3 Å². The third-order valence-electron chi connectivity index (χ3n) is 3.50. The molecule has 0 unspecified atom stereocenters. The maximum absolute atomic E-state index is 12.0. The summed E-state index contributed by atoms with van der Waals surface area (Å²) in [6.07, 6.45) is 2.53. The number of pyridine rings is 1. The van der Waals surface area contributed by atoms with Gasteiger partial charge in [0.15, 0.2) is 0 Å². The van der Waals surface area contributed by atoms with Gasteiger partial charge in [-0.15, -0.1) is 0 Å². The van der Waals surface area contributed by atoms with Crippen LogP contribution in [0.3, 0.4) is 0 Å². The molecule has 1 heterocycles. The minimum Gasteiger partial charge on any atom is -0.494 e. The number of halogens is 1. The highest BCUT2D eigenvalue weighted by Crippen LogP contribution is 2.21. The molecule has 0 aliphatic rings. The Morgan fingerprint density at radius 3 is 2.69 bits per heavy atom. The number of nitrogens with one attached hydrogen (secondary N) is 1. The average molecular weight is 379 g/mol. The summed E-state index contributed by atoms with van der Waals surface area (Å²) in [6, 6.07) is 8.95. The summed E-state index contributed by atoms with van der Waals surface area (Å²) in [7, 11) is 1.61. The van der Waals surface area contributed by atoms with Crippen LogP contribution in [-0.4, -0.2) is 37.8 Å². The first-order valence-electron chi connectivity index (χ1n) is 8.35. The number of aryl methyl sites for hydroxylation is 1. The molecule has 0 saturated heterocycles. The van der Waals surface area contributed by atoms with Gasteiger partial charge in [-0.3, -0.25) is 4.79 Å². The first-order chi connectivity index (χ1) is 12.6. The second-order valence-electron chi connectivity index (χ2n) is 5.64. The standard InChI is InChI=1S/C19H23ClN2O4/c1-14-12-16(6-7-17(14)20)25-9-3-4-18(23)22-15-5-8-19(21-13-15)26-11-10-24-2/h5-8,12-13H,3-4,9-11H2,1-2H3,(H,22,23). The van der Waals surface area contributed by atoms with Crippen LogP contribution in [0, 0.1) is 6.92 Å². The quantitative estimate of drug-likeness (QED) is 0.635. The average Bonchev–Trinajstić information content (AvgIpc) is 2.63. The van der Waals surface area contributed by atoms with Gasteiger partial charge in [0.25, 0.3) is 0 Å². The van der Waals surface area contributed by atoms with Crippen molar-refractivity contribution in [3.8, 4) is 11.6 Å². The molecule has 0 aliphatic carbocycles. The van der Waals surface area contributed by atoms with Gasteiger partial charge in [-0.25, -0.2) is 4.98 Å². The number of aromatic nitrogens is 1. The van der Waals surface area contributed by atoms with Crippen molar-refractivity contribution in [1.29, 1.82) is 0 Å². The van der Waals surface area contributed by atoms with Gasteiger partial charge in [-0.05, 0) is 43.2 Å². The van der Waals surface area contributed by atoms with Gasteiger partial charge in [-0.1, -0.05) is 11.6 Å². The fourth-order valence-electron chi connectivity index (χ4n) is 2.12. The van der Waals surface area contributed by atoms with E-state index >= 15 is 0 Å². The molecule has 1 aromatic heterocycles. The van der Waals surface area contributed by atoms with Crippen molar-refractivity contribution in [2.24, 2.45) is 0 Å². The Hall–Kier alpha value is -2.31. The van der Waals surface area contributed by atoms with Crippen molar-refractivity contribution < 1.29 is 19.0 Å². The Morgan fingerprint density at radius 2 is 2.00 bits per heavy atom. The number of methoxy groups -OCH3 is 1. The van der Waals surface area contributed by atoms with Crippen LogP contribution in [0.15, 0.2) is 36.5 Å². The van der Waals surface area contributed by atoms with Crippen molar-refractivity contribution in [2.45, 2.75) is 19.8 Å². The van der Waals surface area contributed by atoms with Crippen molar-refractivity contribution in [3.05, 3.63) is 47.1 Å². The SMILES string of the molecule is COCCOc1ccc(NC(=O)CCCOc2ccc(Cl)c(C)c2)cn1. The summed E-state index contributed by atoms with van der Waals surface area (Å²) >= 11 is 5.97. The predicted molar refractivity (Wildman–Crippen MR) is 101 cm³/mol. The van der Waals surface area contributed by atoms with Crippen LogP contribution in [-0.2, 0) is 9.53 Å². The second-order valence-corrected chi connectivity index (χ2v) is 6.04. The fraction of sp³-hybridized carbons (Fsp3) is 0.368. The van der Waals surface area contributed by atoms with E-state index < -0.39 is 0 Å². The van der Waals surface area contributed by atoms with Crippen LogP contribution >= 0.6 is 11.6 Å². The van der Waals surface area contributed by atoms with Gasteiger partial charge in [0.1, 0.15) is 12.4 Å². The van der Waals surface area contributed by atoms with Crippen molar-refractivity contribution in [2.75, 3.05) is 32.2 Å². The third-order valence-corrected chi connectivity index (χ3v) is 3.93. The monoisotopic (exact) mass is 378 g/mol. The van der Waals surface area contributed by atoms with Crippen LogP contribution < -0.4 is 14.8 Å². The molecule has 0 spiro atoms. The number of hydrogen-bond donors (Lipinski definition) is 1. The molecule has 0 saturated carbocycles. The minimum atomic E-state index is -0.0873. The van der Waals surface area contributed by atoms with Crippen LogP contribution in [0.2, 0.25) is 5.02 Å². The molecule has 0 fully saturated rings. The third kappa shape index (κ3) is 6.90. The lowest BCUT2D eigenvalue weighted by atomic mass is 10.2. The Labute approximate surface area is 158 Å². The van der Waals surface area contributed by atoms with E-state index in [1.54, 1.807) is 31.5 Å². The highest BCUT2D eigenvalue weighted by atomic mass is 35.5.